The van der Waals surface area contributed by atoms with E-state index in [-0.39, 0.29) is 17.1 Å². The number of nitriles is 1. The molecule has 2 nitrogen and oxygen atoms in total. The molecule has 0 aliphatic carbocycles. The van der Waals surface area contributed by atoms with Gasteiger partial charge in [0.15, 0.2) is 5.78 Å². The minimum Gasteiger partial charge on any atom is -0.298 e. The van der Waals surface area contributed by atoms with Gasteiger partial charge in [-0.3, -0.25) is 4.79 Å². The lowest BCUT2D eigenvalue weighted by Gasteiger charge is -2.27. The van der Waals surface area contributed by atoms with Crippen molar-refractivity contribution in [2.24, 2.45) is 11.3 Å². The molecule has 3 heteroatoms. The number of carbonyl (C=O) groups excluding carboxylic acids is 1. The average Bonchev–Trinajstić information content (AvgIpc) is 2.28. The predicted octanol–water partition coefficient (Wildman–Crippen LogP) is 4.70. The smallest absolute Gasteiger partial charge is 0.154 e. The summed E-state index contributed by atoms with van der Waals surface area (Å²) in [5.41, 5.74) is 0.843. The summed E-state index contributed by atoms with van der Waals surface area (Å²) in [5, 5.41) is 9.27. The van der Waals surface area contributed by atoms with E-state index in [2.05, 4.69) is 49.7 Å². The molecule has 0 heterocycles. The summed E-state index contributed by atoms with van der Waals surface area (Å²) in [4.78, 5) is 12.3. The molecular formula is C16H20BrNO. The van der Waals surface area contributed by atoms with Crippen molar-refractivity contribution in [3.8, 4) is 6.07 Å². The number of hydrogen-bond acceptors (Lipinski definition) is 2. The third-order valence-electron chi connectivity index (χ3n) is 3.62. The summed E-state index contributed by atoms with van der Waals surface area (Å²) in [7, 11) is 0. The van der Waals surface area contributed by atoms with Gasteiger partial charge >= 0.3 is 0 Å². The SMILES string of the molecule is CC(CC(=O)C(C#N)c1cccc(Br)c1)C(C)(C)C. The Bertz CT molecular complexity index is 496. The number of hydrogen-bond donors (Lipinski definition) is 0. The maximum atomic E-state index is 12.3. The Balaban J connectivity index is 2.88. The molecule has 0 aliphatic rings. The zero-order chi connectivity index (χ0) is 14.6. The van der Waals surface area contributed by atoms with Gasteiger partial charge in [-0.1, -0.05) is 55.8 Å². The van der Waals surface area contributed by atoms with Crippen molar-refractivity contribution in [2.45, 2.75) is 40.0 Å². The van der Waals surface area contributed by atoms with E-state index in [1.54, 1.807) is 0 Å². The van der Waals surface area contributed by atoms with E-state index in [1.165, 1.54) is 0 Å². The van der Waals surface area contributed by atoms with E-state index in [4.69, 9.17) is 0 Å². The minimum atomic E-state index is -0.665. The molecule has 19 heavy (non-hydrogen) atoms. The molecule has 0 amide bonds. The van der Waals surface area contributed by atoms with Gasteiger partial charge in [-0.05, 0) is 29.0 Å². The maximum Gasteiger partial charge on any atom is 0.154 e. The number of rotatable bonds is 4. The van der Waals surface area contributed by atoms with Crippen LogP contribution < -0.4 is 0 Å². The highest BCUT2D eigenvalue weighted by Gasteiger charge is 2.27. The molecule has 0 saturated heterocycles. The Kier molecular flexibility index (Phi) is 5.31. The summed E-state index contributed by atoms with van der Waals surface area (Å²) in [6, 6.07) is 9.54. The highest BCUT2D eigenvalue weighted by Crippen LogP contribution is 2.31. The van der Waals surface area contributed by atoms with Gasteiger partial charge in [0.25, 0.3) is 0 Å². The Morgan fingerprint density at radius 1 is 1.42 bits per heavy atom. The largest absolute Gasteiger partial charge is 0.298 e. The van der Waals surface area contributed by atoms with Gasteiger partial charge in [0, 0.05) is 10.9 Å². The van der Waals surface area contributed by atoms with Gasteiger partial charge in [-0.2, -0.15) is 5.26 Å². The molecule has 0 aliphatic heterocycles. The first-order chi connectivity index (χ1) is 8.75. The van der Waals surface area contributed by atoms with Gasteiger partial charge in [-0.15, -0.1) is 0 Å². The van der Waals surface area contributed by atoms with Crippen LogP contribution in [0.3, 0.4) is 0 Å². The Hall–Kier alpha value is -1.14. The summed E-state index contributed by atoms with van der Waals surface area (Å²) >= 11 is 3.37. The van der Waals surface area contributed by atoms with Crippen LogP contribution in [0, 0.1) is 22.7 Å². The quantitative estimate of drug-likeness (QED) is 0.806. The highest BCUT2D eigenvalue weighted by atomic mass is 79.9. The van der Waals surface area contributed by atoms with Crippen molar-refractivity contribution in [3.63, 3.8) is 0 Å². The van der Waals surface area contributed by atoms with Crippen molar-refractivity contribution in [1.82, 2.24) is 0 Å². The molecule has 0 radical (unpaired) electrons. The normalized spacial score (nSPS) is 14.5. The third-order valence-corrected chi connectivity index (χ3v) is 4.11. The predicted molar refractivity (Wildman–Crippen MR) is 80.7 cm³/mol. The number of carbonyl (C=O) groups is 1. The topological polar surface area (TPSA) is 40.9 Å². The van der Waals surface area contributed by atoms with E-state index in [0.29, 0.717) is 6.42 Å². The minimum absolute atomic E-state index is 0.00280. The van der Waals surface area contributed by atoms with Crippen LogP contribution in [0.5, 0.6) is 0 Å². The number of nitrogens with zero attached hydrogens (tertiary/aromatic N) is 1. The van der Waals surface area contributed by atoms with Crippen LogP contribution in [0.2, 0.25) is 0 Å². The van der Waals surface area contributed by atoms with Crippen LogP contribution in [0.4, 0.5) is 0 Å². The second kappa shape index (κ2) is 6.34. The fourth-order valence-corrected chi connectivity index (χ4v) is 2.16. The zero-order valence-corrected chi connectivity index (χ0v) is 13.5. The van der Waals surface area contributed by atoms with E-state index in [0.717, 1.165) is 10.0 Å². The Morgan fingerprint density at radius 2 is 2.05 bits per heavy atom. The summed E-state index contributed by atoms with van der Waals surface area (Å²) < 4.78 is 0.891. The van der Waals surface area contributed by atoms with Crippen molar-refractivity contribution in [1.29, 1.82) is 5.26 Å². The Labute approximate surface area is 124 Å². The third kappa shape index (κ3) is 4.47. The second-order valence-corrected chi connectivity index (χ2v) is 6.97. The summed E-state index contributed by atoms with van der Waals surface area (Å²) in [6.45, 7) is 8.41. The maximum absolute atomic E-state index is 12.3. The van der Waals surface area contributed by atoms with Gasteiger partial charge in [0.1, 0.15) is 5.92 Å². The lowest BCUT2D eigenvalue weighted by Crippen LogP contribution is -2.23. The van der Waals surface area contributed by atoms with Gasteiger partial charge in [0.2, 0.25) is 0 Å². The summed E-state index contributed by atoms with van der Waals surface area (Å²) in [5.74, 6) is -0.409. The molecule has 102 valence electrons. The molecule has 1 rings (SSSR count). The molecule has 2 unspecified atom stereocenters. The lowest BCUT2D eigenvalue weighted by atomic mass is 9.77. The molecule has 0 fully saturated rings. The molecule has 2 atom stereocenters. The monoisotopic (exact) mass is 321 g/mol. The molecule has 0 saturated carbocycles. The first-order valence-electron chi connectivity index (χ1n) is 6.43. The number of ketones is 1. The van der Waals surface area contributed by atoms with E-state index >= 15 is 0 Å². The van der Waals surface area contributed by atoms with Gasteiger partial charge in [0.05, 0.1) is 6.07 Å². The summed E-state index contributed by atoms with van der Waals surface area (Å²) in [6.07, 6.45) is 0.439. The molecule has 1 aromatic carbocycles. The fourth-order valence-electron chi connectivity index (χ4n) is 1.74. The molecule has 0 aromatic heterocycles. The highest BCUT2D eigenvalue weighted by molar-refractivity contribution is 9.10. The number of benzene rings is 1. The van der Waals surface area contributed by atoms with Crippen molar-refractivity contribution >= 4 is 21.7 Å². The lowest BCUT2D eigenvalue weighted by molar-refractivity contribution is -0.120. The second-order valence-electron chi connectivity index (χ2n) is 6.05. The van der Waals surface area contributed by atoms with E-state index in [9.17, 15) is 10.1 Å². The van der Waals surface area contributed by atoms with E-state index < -0.39 is 5.92 Å². The van der Waals surface area contributed by atoms with Crippen LogP contribution in [0.1, 0.15) is 45.6 Å². The standard InChI is InChI=1S/C16H20BrNO/c1-11(16(2,3)4)8-15(19)14(10-18)12-6-5-7-13(17)9-12/h5-7,9,11,14H,8H2,1-4H3. The molecule has 1 aromatic rings. The van der Waals surface area contributed by atoms with Crippen LogP contribution in [0.25, 0.3) is 0 Å². The number of halogens is 1. The molecular weight excluding hydrogens is 302 g/mol. The molecule has 0 N–H and O–H groups in total. The first kappa shape index (κ1) is 15.9. The van der Waals surface area contributed by atoms with Crippen LogP contribution in [-0.4, -0.2) is 5.78 Å². The van der Waals surface area contributed by atoms with Crippen molar-refractivity contribution < 1.29 is 4.79 Å². The van der Waals surface area contributed by atoms with Crippen molar-refractivity contribution in [3.05, 3.63) is 34.3 Å². The van der Waals surface area contributed by atoms with Gasteiger partial charge in [-0.25, -0.2) is 0 Å². The first-order valence-corrected chi connectivity index (χ1v) is 7.22. The molecule has 0 spiro atoms. The van der Waals surface area contributed by atoms with E-state index in [1.807, 2.05) is 24.3 Å². The van der Waals surface area contributed by atoms with Gasteiger partial charge < -0.3 is 0 Å². The van der Waals surface area contributed by atoms with Crippen LogP contribution in [-0.2, 0) is 4.79 Å². The van der Waals surface area contributed by atoms with Crippen molar-refractivity contribution in [2.75, 3.05) is 0 Å². The fraction of sp³-hybridized carbons (Fsp3) is 0.500. The van der Waals surface area contributed by atoms with Crippen LogP contribution in [0.15, 0.2) is 28.7 Å². The Morgan fingerprint density at radius 3 is 2.53 bits per heavy atom. The average molecular weight is 322 g/mol. The molecule has 0 bridgehead atoms. The van der Waals surface area contributed by atoms with Crippen LogP contribution >= 0.6 is 15.9 Å². The number of Topliss-reactive ketones (excluding diaryl/α,β-unsaturated/α-hetero) is 1. The zero-order valence-electron chi connectivity index (χ0n) is 11.9.